The Morgan fingerprint density at radius 2 is 1.83 bits per heavy atom. The van der Waals surface area contributed by atoms with Gasteiger partial charge >= 0.3 is 0 Å². The van der Waals surface area contributed by atoms with Crippen LogP contribution < -0.4 is 5.32 Å². The van der Waals surface area contributed by atoms with Crippen LogP contribution in [-0.2, 0) is 0 Å². The third kappa shape index (κ3) is 2.76. The first-order valence-corrected chi connectivity index (χ1v) is 8.04. The van der Waals surface area contributed by atoms with E-state index in [1.807, 2.05) is 48.7 Å². The van der Waals surface area contributed by atoms with Crippen molar-refractivity contribution >= 4 is 33.1 Å². The second-order valence-electron chi connectivity index (χ2n) is 5.06. The molecule has 0 bridgehead atoms. The molecule has 0 radical (unpaired) electrons. The van der Waals surface area contributed by atoms with Gasteiger partial charge in [-0.25, -0.2) is 15.0 Å². The standard InChI is InChI=1S/C17H13N5S/c1-11-3-2-4-14(19-11)16-21-13-7-10-23-15(13)17(22-16)20-12-5-8-18-9-6-12/h2-10H,1H3,(H,18,20,21,22). The number of fused-ring (bicyclic) bond motifs is 1. The summed E-state index contributed by atoms with van der Waals surface area (Å²) in [5.41, 5.74) is 3.58. The quantitative estimate of drug-likeness (QED) is 0.613. The number of aryl methyl sites for hydroxylation is 1. The molecule has 0 saturated carbocycles. The molecule has 0 aliphatic carbocycles. The highest BCUT2D eigenvalue weighted by Crippen LogP contribution is 2.30. The monoisotopic (exact) mass is 319 g/mol. The molecule has 0 aromatic carbocycles. The molecule has 112 valence electrons. The van der Waals surface area contributed by atoms with E-state index in [4.69, 9.17) is 0 Å². The SMILES string of the molecule is Cc1cccc(-c2nc(Nc3ccncc3)c3sccc3n2)n1. The Bertz CT molecular complexity index is 965. The first kappa shape index (κ1) is 13.8. The summed E-state index contributed by atoms with van der Waals surface area (Å²) in [6.07, 6.45) is 3.50. The van der Waals surface area contributed by atoms with Crippen molar-refractivity contribution in [1.82, 2.24) is 19.9 Å². The molecule has 0 aliphatic heterocycles. The molecule has 0 atom stereocenters. The Morgan fingerprint density at radius 1 is 0.957 bits per heavy atom. The van der Waals surface area contributed by atoms with Crippen molar-refractivity contribution in [3.63, 3.8) is 0 Å². The lowest BCUT2D eigenvalue weighted by atomic mass is 10.3. The van der Waals surface area contributed by atoms with Crippen molar-refractivity contribution in [2.24, 2.45) is 0 Å². The lowest BCUT2D eigenvalue weighted by Crippen LogP contribution is -1.99. The summed E-state index contributed by atoms with van der Waals surface area (Å²) in [4.78, 5) is 17.9. The zero-order valence-corrected chi connectivity index (χ0v) is 13.2. The van der Waals surface area contributed by atoms with Crippen LogP contribution in [0.1, 0.15) is 5.69 Å². The van der Waals surface area contributed by atoms with Gasteiger partial charge in [0.25, 0.3) is 0 Å². The minimum atomic E-state index is 0.621. The van der Waals surface area contributed by atoms with Crippen LogP contribution in [0.2, 0.25) is 0 Å². The van der Waals surface area contributed by atoms with E-state index >= 15 is 0 Å². The van der Waals surface area contributed by atoms with E-state index in [-0.39, 0.29) is 0 Å². The second kappa shape index (κ2) is 5.73. The molecule has 4 aromatic rings. The van der Waals surface area contributed by atoms with Crippen LogP contribution >= 0.6 is 11.3 Å². The summed E-state index contributed by atoms with van der Waals surface area (Å²) in [7, 11) is 0. The lowest BCUT2D eigenvalue weighted by Gasteiger charge is -2.08. The molecule has 0 unspecified atom stereocenters. The number of nitrogens with zero attached hydrogens (tertiary/aromatic N) is 4. The fourth-order valence-electron chi connectivity index (χ4n) is 2.30. The predicted molar refractivity (Wildman–Crippen MR) is 92.9 cm³/mol. The molecular formula is C17H13N5S. The Balaban J connectivity index is 1.84. The van der Waals surface area contributed by atoms with Gasteiger partial charge in [-0.05, 0) is 42.6 Å². The smallest absolute Gasteiger partial charge is 0.180 e. The number of thiophene rings is 1. The highest BCUT2D eigenvalue weighted by atomic mass is 32.1. The van der Waals surface area contributed by atoms with Gasteiger partial charge < -0.3 is 5.32 Å². The summed E-state index contributed by atoms with van der Waals surface area (Å²) in [5, 5.41) is 5.37. The van der Waals surface area contributed by atoms with E-state index in [1.165, 1.54) is 0 Å². The van der Waals surface area contributed by atoms with Crippen molar-refractivity contribution in [2.45, 2.75) is 6.92 Å². The van der Waals surface area contributed by atoms with E-state index < -0.39 is 0 Å². The van der Waals surface area contributed by atoms with Gasteiger partial charge in [0.2, 0.25) is 0 Å². The molecule has 0 spiro atoms. The Labute approximate surface area is 137 Å². The van der Waals surface area contributed by atoms with Gasteiger partial charge in [0.1, 0.15) is 5.69 Å². The molecule has 0 saturated heterocycles. The molecule has 23 heavy (non-hydrogen) atoms. The van der Waals surface area contributed by atoms with Crippen LogP contribution in [0.15, 0.2) is 54.2 Å². The third-order valence-electron chi connectivity index (χ3n) is 3.36. The molecule has 4 heterocycles. The van der Waals surface area contributed by atoms with Crippen LogP contribution in [0, 0.1) is 6.92 Å². The molecule has 4 rings (SSSR count). The van der Waals surface area contributed by atoms with Crippen molar-refractivity contribution in [3.05, 3.63) is 59.9 Å². The largest absolute Gasteiger partial charge is 0.339 e. The highest BCUT2D eigenvalue weighted by Gasteiger charge is 2.12. The number of pyridine rings is 2. The van der Waals surface area contributed by atoms with E-state index in [0.717, 1.165) is 33.1 Å². The van der Waals surface area contributed by atoms with Crippen LogP contribution in [0.4, 0.5) is 11.5 Å². The molecule has 6 heteroatoms. The summed E-state index contributed by atoms with van der Waals surface area (Å²) in [6, 6.07) is 11.7. The van der Waals surface area contributed by atoms with Gasteiger partial charge in [-0.1, -0.05) is 6.07 Å². The molecule has 1 N–H and O–H groups in total. The number of nitrogens with one attached hydrogen (secondary N) is 1. The predicted octanol–water partition coefficient (Wildman–Crippen LogP) is 4.20. The van der Waals surface area contributed by atoms with Gasteiger partial charge in [-0.15, -0.1) is 11.3 Å². The lowest BCUT2D eigenvalue weighted by molar-refractivity contribution is 1.14. The van der Waals surface area contributed by atoms with Crippen LogP contribution in [0.25, 0.3) is 21.7 Å². The van der Waals surface area contributed by atoms with Crippen LogP contribution in [-0.4, -0.2) is 19.9 Å². The molecule has 0 amide bonds. The first-order valence-electron chi connectivity index (χ1n) is 7.16. The number of anilines is 2. The third-order valence-corrected chi connectivity index (χ3v) is 4.27. The van der Waals surface area contributed by atoms with Crippen molar-refractivity contribution in [3.8, 4) is 11.5 Å². The molecule has 5 nitrogen and oxygen atoms in total. The molecule has 0 aliphatic rings. The number of hydrogen-bond donors (Lipinski definition) is 1. The van der Waals surface area contributed by atoms with Crippen molar-refractivity contribution < 1.29 is 0 Å². The molecule has 0 fully saturated rings. The summed E-state index contributed by atoms with van der Waals surface area (Å²) in [6.45, 7) is 1.96. The van der Waals surface area contributed by atoms with Crippen LogP contribution in [0.3, 0.4) is 0 Å². The van der Waals surface area contributed by atoms with Gasteiger partial charge in [-0.3, -0.25) is 4.98 Å². The number of hydrogen-bond acceptors (Lipinski definition) is 6. The van der Waals surface area contributed by atoms with Gasteiger partial charge in [0.05, 0.1) is 10.2 Å². The number of rotatable bonds is 3. The minimum Gasteiger partial charge on any atom is -0.339 e. The maximum absolute atomic E-state index is 4.69. The second-order valence-corrected chi connectivity index (χ2v) is 5.97. The zero-order chi connectivity index (χ0) is 15.6. The normalized spacial score (nSPS) is 10.8. The maximum Gasteiger partial charge on any atom is 0.180 e. The Hall–Kier alpha value is -2.86. The van der Waals surface area contributed by atoms with Crippen molar-refractivity contribution in [1.29, 1.82) is 0 Å². The fraction of sp³-hybridized carbons (Fsp3) is 0.0588. The van der Waals surface area contributed by atoms with Gasteiger partial charge in [0, 0.05) is 23.8 Å². The van der Waals surface area contributed by atoms with Gasteiger partial charge in [-0.2, -0.15) is 0 Å². The van der Waals surface area contributed by atoms with E-state index in [2.05, 4.69) is 25.3 Å². The Kier molecular flexibility index (Phi) is 3.44. The van der Waals surface area contributed by atoms with Gasteiger partial charge in [0.15, 0.2) is 11.6 Å². The minimum absolute atomic E-state index is 0.621. The Morgan fingerprint density at radius 3 is 2.65 bits per heavy atom. The average Bonchev–Trinajstić information content (AvgIpc) is 3.05. The zero-order valence-electron chi connectivity index (χ0n) is 12.4. The van der Waals surface area contributed by atoms with E-state index in [0.29, 0.717) is 5.82 Å². The molecule has 4 aromatic heterocycles. The van der Waals surface area contributed by atoms with Crippen LogP contribution in [0.5, 0.6) is 0 Å². The average molecular weight is 319 g/mol. The maximum atomic E-state index is 4.69. The summed E-state index contributed by atoms with van der Waals surface area (Å²) >= 11 is 1.62. The van der Waals surface area contributed by atoms with E-state index in [9.17, 15) is 0 Å². The van der Waals surface area contributed by atoms with E-state index in [1.54, 1.807) is 23.7 Å². The summed E-state index contributed by atoms with van der Waals surface area (Å²) < 4.78 is 1.03. The van der Waals surface area contributed by atoms with Crippen molar-refractivity contribution in [2.75, 3.05) is 5.32 Å². The number of aromatic nitrogens is 4. The molecular weight excluding hydrogens is 306 g/mol. The summed E-state index contributed by atoms with van der Waals surface area (Å²) in [5.74, 6) is 1.41. The highest BCUT2D eigenvalue weighted by molar-refractivity contribution is 7.17. The topological polar surface area (TPSA) is 63.6 Å². The first-order chi connectivity index (χ1) is 11.3. The fourth-order valence-corrected chi connectivity index (χ4v) is 3.08.